The molecule has 3 heteroatoms. The fourth-order valence-electron chi connectivity index (χ4n) is 1.14. The summed E-state index contributed by atoms with van der Waals surface area (Å²) in [5.41, 5.74) is -0.472. The molecule has 1 aromatic rings. The third kappa shape index (κ3) is 2.07. The van der Waals surface area contributed by atoms with Gasteiger partial charge in [-0.3, -0.25) is 0 Å². The molecule has 1 nitrogen and oxygen atoms in total. The quantitative estimate of drug-likeness (QED) is 0.804. The maximum atomic E-state index is 13.1. The number of hydrogen-bond acceptors (Lipinski definition) is 1. The van der Waals surface area contributed by atoms with E-state index < -0.39 is 11.4 Å². The first-order valence-corrected chi connectivity index (χ1v) is 4.91. The van der Waals surface area contributed by atoms with E-state index in [0.29, 0.717) is 5.56 Å². The summed E-state index contributed by atoms with van der Waals surface area (Å²) >= 11 is 5.55. The van der Waals surface area contributed by atoms with Crippen molar-refractivity contribution in [2.45, 2.75) is 26.4 Å². The molecule has 1 atom stereocenters. The Morgan fingerprint density at radius 2 is 2.00 bits per heavy atom. The Bertz CT molecular complexity index is 334. The zero-order valence-corrected chi connectivity index (χ0v) is 9.27. The van der Waals surface area contributed by atoms with Gasteiger partial charge >= 0.3 is 0 Å². The molecule has 1 aromatic carbocycles. The van der Waals surface area contributed by atoms with Gasteiger partial charge in [0.2, 0.25) is 0 Å². The molecule has 1 rings (SSSR count). The van der Waals surface area contributed by atoms with E-state index in [1.165, 1.54) is 12.1 Å². The average Bonchev–Trinajstić information content (AvgIpc) is 2.09. The van der Waals surface area contributed by atoms with E-state index in [1.807, 2.05) is 13.8 Å². The SMILES string of the molecule is CC(C)[C@@](C)(O)c1ccc(Cl)c(F)c1. The second kappa shape index (κ2) is 3.87. The lowest BCUT2D eigenvalue weighted by atomic mass is 9.85. The van der Waals surface area contributed by atoms with Crippen molar-refractivity contribution in [3.8, 4) is 0 Å². The highest BCUT2D eigenvalue weighted by Gasteiger charge is 2.27. The maximum absolute atomic E-state index is 13.1. The van der Waals surface area contributed by atoms with E-state index in [0.717, 1.165) is 0 Å². The molecule has 78 valence electrons. The lowest BCUT2D eigenvalue weighted by Gasteiger charge is -2.28. The summed E-state index contributed by atoms with van der Waals surface area (Å²) in [5.74, 6) is -0.479. The van der Waals surface area contributed by atoms with E-state index in [-0.39, 0.29) is 10.9 Å². The fraction of sp³-hybridized carbons (Fsp3) is 0.455. The summed E-state index contributed by atoms with van der Waals surface area (Å²) in [6, 6.07) is 4.39. The van der Waals surface area contributed by atoms with Crippen LogP contribution in [-0.2, 0) is 5.60 Å². The summed E-state index contributed by atoms with van der Waals surface area (Å²) < 4.78 is 13.1. The van der Waals surface area contributed by atoms with Crippen molar-refractivity contribution in [2.75, 3.05) is 0 Å². The van der Waals surface area contributed by atoms with E-state index in [1.54, 1.807) is 13.0 Å². The number of benzene rings is 1. The zero-order chi connectivity index (χ0) is 10.9. The molecule has 0 heterocycles. The van der Waals surface area contributed by atoms with Crippen LogP contribution in [0.15, 0.2) is 18.2 Å². The summed E-state index contributed by atoms with van der Waals surface area (Å²) in [4.78, 5) is 0. The third-order valence-electron chi connectivity index (χ3n) is 2.63. The van der Waals surface area contributed by atoms with Crippen LogP contribution in [0.25, 0.3) is 0 Å². The van der Waals surface area contributed by atoms with Gasteiger partial charge < -0.3 is 5.11 Å². The topological polar surface area (TPSA) is 20.2 Å². The van der Waals surface area contributed by atoms with Crippen LogP contribution in [0.5, 0.6) is 0 Å². The van der Waals surface area contributed by atoms with Gasteiger partial charge in [0.1, 0.15) is 5.82 Å². The van der Waals surface area contributed by atoms with Gasteiger partial charge in [-0.05, 0) is 30.5 Å². The highest BCUT2D eigenvalue weighted by atomic mass is 35.5. The Morgan fingerprint density at radius 3 is 2.43 bits per heavy atom. The molecule has 0 unspecified atom stereocenters. The van der Waals surface area contributed by atoms with Crippen LogP contribution in [0.3, 0.4) is 0 Å². The maximum Gasteiger partial charge on any atom is 0.142 e. The zero-order valence-electron chi connectivity index (χ0n) is 8.51. The van der Waals surface area contributed by atoms with Crippen LogP contribution in [0.1, 0.15) is 26.3 Å². The third-order valence-corrected chi connectivity index (χ3v) is 2.93. The van der Waals surface area contributed by atoms with Crippen molar-refractivity contribution in [2.24, 2.45) is 5.92 Å². The lowest BCUT2D eigenvalue weighted by Crippen LogP contribution is -2.27. The van der Waals surface area contributed by atoms with Crippen molar-refractivity contribution in [3.05, 3.63) is 34.6 Å². The van der Waals surface area contributed by atoms with Crippen LogP contribution >= 0.6 is 11.6 Å². The molecule has 14 heavy (non-hydrogen) atoms. The van der Waals surface area contributed by atoms with Crippen molar-refractivity contribution in [1.29, 1.82) is 0 Å². The van der Waals surface area contributed by atoms with Crippen LogP contribution in [0.2, 0.25) is 5.02 Å². The second-order valence-corrected chi connectivity index (χ2v) is 4.34. The molecule has 0 bridgehead atoms. The molecule has 0 amide bonds. The standard InChI is InChI=1S/C11H14ClFO/c1-7(2)11(3,14)8-4-5-9(12)10(13)6-8/h4-7,14H,1-3H3/t11-/m1/s1. The van der Waals surface area contributed by atoms with E-state index in [4.69, 9.17) is 11.6 Å². The Morgan fingerprint density at radius 1 is 1.43 bits per heavy atom. The van der Waals surface area contributed by atoms with Gasteiger partial charge in [0, 0.05) is 0 Å². The minimum Gasteiger partial charge on any atom is -0.385 e. The van der Waals surface area contributed by atoms with E-state index in [2.05, 4.69) is 0 Å². The molecule has 0 saturated heterocycles. The minimum absolute atomic E-state index is 0.0167. The van der Waals surface area contributed by atoms with Crippen molar-refractivity contribution in [3.63, 3.8) is 0 Å². The molecule has 0 fully saturated rings. The van der Waals surface area contributed by atoms with Crippen LogP contribution in [0, 0.1) is 11.7 Å². The monoisotopic (exact) mass is 216 g/mol. The fourth-order valence-corrected chi connectivity index (χ4v) is 1.26. The van der Waals surface area contributed by atoms with Gasteiger partial charge in [-0.2, -0.15) is 0 Å². The predicted molar refractivity (Wildman–Crippen MR) is 55.8 cm³/mol. The summed E-state index contributed by atoms with van der Waals surface area (Å²) in [6.45, 7) is 5.43. The minimum atomic E-state index is -1.02. The van der Waals surface area contributed by atoms with Crippen LogP contribution in [-0.4, -0.2) is 5.11 Å². The number of aliphatic hydroxyl groups is 1. The Kier molecular flexibility index (Phi) is 3.17. The molecule has 0 aliphatic rings. The molecule has 0 radical (unpaired) electrons. The first-order valence-electron chi connectivity index (χ1n) is 4.53. The van der Waals surface area contributed by atoms with Gasteiger partial charge in [-0.25, -0.2) is 4.39 Å². The van der Waals surface area contributed by atoms with Gasteiger partial charge in [0.05, 0.1) is 10.6 Å². The molecule has 0 spiro atoms. The van der Waals surface area contributed by atoms with Crippen LogP contribution < -0.4 is 0 Å². The summed E-state index contributed by atoms with van der Waals surface area (Å²) in [6.07, 6.45) is 0. The Hall–Kier alpha value is -0.600. The smallest absolute Gasteiger partial charge is 0.142 e. The van der Waals surface area contributed by atoms with Gasteiger partial charge in [-0.1, -0.05) is 31.5 Å². The highest BCUT2D eigenvalue weighted by Crippen LogP contribution is 2.30. The molecular weight excluding hydrogens is 203 g/mol. The lowest BCUT2D eigenvalue weighted by molar-refractivity contribution is 0.00878. The van der Waals surface area contributed by atoms with E-state index in [9.17, 15) is 9.50 Å². The first kappa shape index (κ1) is 11.5. The summed E-state index contributed by atoms with van der Waals surface area (Å²) in [5, 5.41) is 10.1. The molecule has 1 N–H and O–H groups in total. The summed E-state index contributed by atoms with van der Waals surface area (Å²) in [7, 11) is 0. The number of rotatable bonds is 2. The predicted octanol–water partition coefficient (Wildman–Crippen LogP) is 3.34. The molecule has 0 aromatic heterocycles. The number of hydrogen-bond donors (Lipinski definition) is 1. The van der Waals surface area contributed by atoms with Crippen molar-refractivity contribution in [1.82, 2.24) is 0 Å². The van der Waals surface area contributed by atoms with Gasteiger partial charge in [0.25, 0.3) is 0 Å². The van der Waals surface area contributed by atoms with E-state index >= 15 is 0 Å². The van der Waals surface area contributed by atoms with Crippen molar-refractivity contribution < 1.29 is 9.50 Å². The number of halogens is 2. The van der Waals surface area contributed by atoms with Crippen molar-refractivity contribution >= 4 is 11.6 Å². The normalized spacial score (nSPS) is 15.6. The van der Waals surface area contributed by atoms with Gasteiger partial charge in [-0.15, -0.1) is 0 Å². The second-order valence-electron chi connectivity index (χ2n) is 3.93. The highest BCUT2D eigenvalue weighted by molar-refractivity contribution is 6.30. The molecular formula is C11H14ClFO. The van der Waals surface area contributed by atoms with Crippen LogP contribution in [0.4, 0.5) is 4.39 Å². The molecule has 0 aliphatic heterocycles. The molecule has 0 aliphatic carbocycles. The average molecular weight is 217 g/mol. The van der Waals surface area contributed by atoms with Gasteiger partial charge in [0.15, 0.2) is 0 Å². The first-order chi connectivity index (χ1) is 6.35. The Balaban J connectivity index is 3.14. The molecule has 0 saturated carbocycles. The Labute approximate surface area is 88.5 Å². The largest absolute Gasteiger partial charge is 0.385 e.